The molecule has 0 heterocycles. The van der Waals surface area contributed by atoms with Gasteiger partial charge in [-0.2, -0.15) is 0 Å². The number of carbonyl (C=O) groups is 1. The van der Waals surface area contributed by atoms with Crippen molar-refractivity contribution in [1.82, 2.24) is 5.32 Å². The molecule has 0 aliphatic rings. The number of aromatic carboxylic acids is 1. The monoisotopic (exact) mass is 259 g/mol. The van der Waals surface area contributed by atoms with Crippen LogP contribution in [0, 0.1) is 0 Å². The van der Waals surface area contributed by atoms with Crippen molar-refractivity contribution in [2.24, 2.45) is 0 Å². The fraction of sp³-hybridized carbons (Fsp3) is 0.364. The van der Waals surface area contributed by atoms with Crippen LogP contribution in [-0.2, 0) is 0 Å². The molecule has 0 aliphatic heterocycles. The van der Waals surface area contributed by atoms with Crippen LogP contribution in [0.5, 0.6) is 0 Å². The lowest BCUT2D eigenvalue weighted by Crippen LogP contribution is -2.30. The fourth-order valence-electron chi connectivity index (χ4n) is 1.50. The van der Waals surface area contributed by atoms with Crippen molar-refractivity contribution in [3.63, 3.8) is 0 Å². The molecule has 0 radical (unpaired) electrons. The van der Waals surface area contributed by atoms with Gasteiger partial charge < -0.3 is 20.6 Å². The van der Waals surface area contributed by atoms with Crippen molar-refractivity contribution in [2.75, 3.05) is 13.6 Å². The third kappa shape index (κ3) is 3.41. The molecule has 5 nitrogen and oxygen atoms in total. The van der Waals surface area contributed by atoms with E-state index in [2.05, 4.69) is 5.32 Å². The molecule has 0 saturated heterocycles. The number of carboxylic acids is 1. The summed E-state index contributed by atoms with van der Waals surface area (Å²) >= 11 is 5.69. The summed E-state index contributed by atoms with van der Waals surface area (Å²) in [4.78, 5) is 11.0. The summed E-state index contributed by atoms with van der Waals surface area (Å²) in [7, 11) is 1.62. The molecule has 0 fully saturated rings. The maximum atomic E-state index is 11.0. The number of benzene rings is 1. The summed E-state index contributed by atoms with van der Waals surface area (Å²) in [5.41, 5.74) is 0.0322. The number of carboxylic acid groups (broad SMARTS) is 1. The first kappa shape index (κ1) is 13.9. The molecular weight excluding hydrogens is 246 g/mol. The van der Waals surface area contributed by atoms with E-state index in [1.807, 2.05) is 0 Å². The Morgan fingerprint density at radius 3 is 2.65 bits per heavy atom. The maximum absolute atomic E-state index is 11.0. The third-order valence-electron chi connectivity index (χ3n) is 2.34. The standard InChI is InChI=1S/C11H14ClNO4/c1-13-5-9(14)10(15)7-3-2-6(12)4-8(7)11(16)17/h2-4,9-10,13-15H,5H2,1H3,(H,16,17). The molecule has 94 valence electrons. The second-order valence-corrected chi connectivity index (χ2v) is 4.04. The molecule has 2 atom stereocenters. The lowest BCUT2D eigenvalue weighted by atomic mass is 9.98. The van der Waals surface area contributed by atoms with Gasteiger partial charge in [0.25, 0.3) is 0 Å². The average Bonchev–Trinajstić information content (AvgIpc) is 2.28. The number of rotatable bonds is 5. The molecular formula is C11H14ClNO4. The van der Waals surface area contributed by atoms with Crippen LogP contribution in [0.1, 0.15) is 22.0 Å². The van der Waals surface area contributed by atoms with E-state index in [4.69, 9.17) is 16.7 Å². The third-order valence-corrected chi connectivity index (χ3v) is 2.58. The number of hydrogen-bond acceptors (Lipinski definition) is 4. The van der Waals surface area contributed by atoms with E-state index in [1.54, 1.807) is 7.05 Å². The summed E-state index contributed by atoms with van der Waals surface area (Å²) in [5, 5.41) is 31.4. The highest BCUT2D eigenvalue weighted by atomic mass is 35.5. The SMILES string of the molecule is CNCC(O)C(O)c1ccc(Cl)cc1C(=O)O. The van der Waals surface area contributed by atoms with Crippen LogP contribution in [-0.4, -0.2) is 41.0 Å². The van der Waals surface area contributed by atoms with Gasteiger partial charge in [-0.25, -0.2) is 4.79 Å². The van der Waals surface area contributed by atoms with Crippen LogP contribution < -0.4 is 5.32 Å². The van der Waals surface area contributed by atoms with Gasteiger partial charge >= 0.3 is 5.97 Å². The van der Waals surface area contributed by atoms with Gasteiger partial charge in [0.15, 0.2) is 0 Å². The predicted octanol–water partition coefficient (Wildman–Crippen LogP) is 0.652. The Labute approximate surface area is 104 Å². The Balaban J connectivity index is 3.08. The Hall–Kier alpha value is -1.14. The molecule has 1 aromatic carbocycles. The van der Waals surface area contributed by atoms with Crippen molar-refractivity contribution in [3.05, 3.63) is 34.3 Å². The van der Waals surface area contributed by atoms with Gasteiger partial charge in [0.2, 0.25) is 0 Å². The second kappa shape index (κ2) is 5.97. The second-order valence-electron chi connectivity index (χ2n) is 3.61. The average molecular weight is 260 g/mol. The molecule has 0 amide bonds. The molecule has 0 bridgehead atoms. The highest BCUT2D eigenvalue weighted by Gasteiger charge is 2.23. The first-order valence-corrected chi connectivity index (χ1v) is 5.38. The molecule has 0 spiro atoms. The van der Waals surface area contributed by atoms with E-state index < -0.39 is 18.2 Å². The molecule has 0 aliphatic carbocycles. The first-order valence-electron chi connectivity index (χ1n) is 5.00. The lowest BCUT2D eigenvalue weighted by Gasteiger charge is -2.19. The predicted molar refractivity (Wildman–Crippen MR) is 63.3 cm³/mol. The largest absolute Gasteiger partial charge is 0.478 e. The quantitative estimate of drug-likeness (QED) is 0.624. The van der Waals surface area contributed by atoms with Crippen molar-refractivity contribution in [2.45, 2.75) is 12.2 Å². The normalized spacial score (nSPS) is 14.4. The fourth-order valence-corrected chi connectivity index (χ4v) is 1.67. The van der Waals surface area contributed by atoms with Gasteiger partial charge in [-0.15, -0.1) is 0 Å². The number of hydrogen-bond donors (Lipinski definition) is 4. The molecule has 4 N–H and O–H groups in total. The van der Waals surface area contributed by atoms with Crippen molar-refractivity contribution in [1.29, 1.82) is 0 Å². The summed E-state index contributed by atoms with van der Waals surface area (Å²) in [6.07, 6.45) is -2.36. The summed E-state index contributed by atoms with van der Waals surface area (Å²) < 4.78 is 0. The zero-order valence-corrected chi connectivity index (χ0v) is 9.98. The van der Waals surface area contributed by atoms with E-state index in [9.17, 15) is 15.0 Å². The van der Waals surface area contributed by atoms with Crippen LogP contribution in [0.2, 0.25) is 5.02 Å². The smallest absolute Gasteiger partial charge is 0.336 e. The van der Waals surface area contributed by atoms with Crippen LogP contribution in [0.3, 0.4) is 0 Å². The molecule has 6 heteroatoms. The van der Waals surface area contributed by atoms with Crippen LogP contribution >= 0.6 is 11.6 Å². The first-order chi connectivity index (χ1) is 7.97. The van der Waals surface area contributed by atoms with E-state index in [-0.39, 0.29) is 22.7 Å². The molecule has 0 aromatic heterocycles. The topological polar surface area (TPSA) is 89.8 Å². The minimum Gasteiger partial charge on any atom is -0.478 e. The van der Waals surface area contributed by atoms with Crippen LogP contribution in [0.15, 0.2) is 18.2 Å². The van der Waals surface area contributed by atoms with E-state index in [1.165, 1.54) is 18.2 Å². The summed E-state index contributed by atoms with van der Waals surface area (Å²) in [6, 6.07) is 4.11. The van der Waals surface area contributed by atoms with E-state index in [0.29, 0.717) is 0 Å². The zero-order valence-electron chi connectivity index (χ0n) is 9.22. The van der Waals surface area contributed by atoms with Gasteiger partial charge in [-0.05, 0) is 24.7 Å². The Bertz CT molecular complexity index is 410. The van der Waals surface area contributed by atoms with E-state index in [0.717, 1.165) is 0 Å². The summed E-state index contributed by atoms with van der Waals surface area (Å²) in [5.74, 6) is -1.20. The van der Waals surface area contributed by atoms with Crippen molar-refractivity contribution < 1.29 is 20.1 Å². The number of halogens is 1. The van der Waals surface area contributed by atoms with Crippen molar-refractivity contribution in [3.8, 4) is 0 Å². The zero-order chi connectivity index (χ0) is 13.0. The number of aliphatic hydroxyl groups is 2. The van der Waals surface area contributed by atoms with Gasteiger partial charge in [-0.1, -0.05) is 17.7 Å². The molecule has 0 saturated carbocycles. The number of aliphatic hydroxyl groups excluding tert-OH is 2. The molecule has 17 heavy (non-hydrogen) atoms. The highest BCUT2D eigenvalue weighted by molar-refractivity contribution is 6.30. The van der Waals surface area contributed by atoms with Crippen molar-refractivity contribution >= 4 is 17.6 Å². The summed E-state index contributed by atoms with van der Waals surface area (Å²) in [6.45, 7) is 0.156. The van der Waals surface area contributed by atoms with Gasteiger partial charge in [-0.3, -0.25) is 0 Å². The Kier molecular flexibility index (Phi) is 4.89. The molecule has 2 unspecified atom stereocenters. The van der Waals surface area contributed by atoms with Gasteiger partial charge in [0, 0.05) is 11.6 Å². The van der Waals surface area contributed by atoms with Crippen LogP contribution in [0.4, 0.5) is 0 Å². The minimum absolute atomic E-state index is 0.111. The van der Waals surface area contributed by atoms with Gasteiger partial charge in [0.1, 0.15) is 6.10 Å². The Morgan fingerprint density at radius 2 is 2.12 bits per heavy atom. The molecule has 1 rings (SSSR count). The minimum atomic E-state index is -1.27. The molecule has 1 aromatic rings. The number of likely N-dealkylation sites (N-methyl/N-ethyl adjacent to an activating group) is 1. The number of nitrogens with one attached hydrogen (secondary N) is 1. The lowest BCUT2D eigenvalue weighted by molar-refractivity contribution is 0.0192. The Morgan fingerprint density at radius 1 is 1.47 bits per heavy atom. The highest BCUT2D eigenvalue weighted by Crippen LogP contribution is 2.24. The van der Waals surface area contributed by atoms with Gasteiger partial charge in [0.05, 0.1) is 11.7 Å². The van der Waals surface area contributed by atoms with E-state index >= 15 is 0 Å². The maximum Gasteiger partial charge on any atom is 0.336 e. The van der Waals surface area contributed by atoms with Crippen LogP contribution in [0.25, 0.3) is 0 Å².